The van der Waals surface area contributed by atoms with Gasteiger partial charge in [0.15, 0.2) is 0 Å². The molecule has 0 bridgehead atoms. The van der Waals surface area contributed by atoms with Crippen LogP contribution in [0.25, 0.3) is 0 Å². The Kier molecular flexibility index (Phi) is 4.39. The lowest BCUT2D eigenvalue weighted by atomic mass is 9.66. The third kappa shape index (κ3) is 2.55. The van der Waals surface area contributed by atoms with Crippen LogP contribution in [0.2, 0.25) is 0 Å². The van der Waals surface area contributed by atoms with Crippen LogP contribution in [-0.4, -0.2) is 68.0 Å². The first-order chi connectivity index (χ1) is 9.51. The SMILES string of the molecule is COCCN(C)CCN1C(=O)NC(=O)C2(CCC2)C1=O. The monoisotopic (exact) mass is 283 g/mol. The van der Waals surface area contributed by atoms with Crippen LogP contribution in [0, 0.1) is 5.41 Å². The van der Waals surface area contributed by atoms with Gasteiger partial charge in [0, 0.05) is 26.7 Å². The summed E-state index contributed by atoms with van der Waals surface area (Å²) in [5.74, 6) is -0.764. The van der Waals surface area contributed by atoms with Gasteiger partial charge in [-0.25, -0.2) is 4.79 Å². The number of carbonyl (C=O) groups is 3. The fourth-order valence-corrected chi connectivity index (χ4v) is 2.54. The van der Waals surface area contributed by atoms with Gasteiger partial charge in [-0.1, -0.05) is 6.42 Å². The topological polar surface area (TPSA) is 79.0 Å². The highest BCUT2D eigenvalue weighted by atomic mass is 16.5. The molecule has 2 fully saturated rings. The Hall–Kier alpha value is -1.47. The maximum Gasteiger partial charge on any atom is 0.330 e. The van der Waals surface area contributed by atoms with Crippen molar-refractivity contribution >= 4 is 17.8 Å². The molecule has 2 rings (SSSR count). The molecule has 0 aromatic carbocycles. The van der Waals surface area contributed by atoms with Gasteiger partial charge in [0.1, 0.15) is 5.41 Å². The van der Waals surface area contributed by atoms with Crippen LogP contribution >= 0.6 is 0 Å². The van der Waals surface area contributed by atoms with Gasteiger partial charge in [0.2, 0.25) is 11.8 Å². The zero-order chi connectivity index (χ0) is 14.8. The van der Waals surface area contributed by atoms with E-state index in [-0.39, 0.29) is 5.91 Å². The smallest absolute Gasteiger partial charge is 0.330 e. The Bertz CT molecular complexity index is 420. The predicted molar refractivity (Wildman–Crippen MR) is 70.9 cm³/mol. The average Bonchev–Trinajstić information content (AvgIpc) is 2.34. The van der Waals surface area contributed by atoms with Gasteiger partial charge in [-0.15, -0.1) is 0 Å². The molecular weight excluding hydrogens is 262 g/mol. The van der Waals surface area contributed by atoms with Gasteiger partial charge in [-0.2, -0.15) is 0 Å². The van der Waals surface area contributed by atoms with Crippen molar-refractivity contribution in [1.29, 1.82) is 0 Å². The minimum atomic E-state index is -0.973. The third-order valence-electron chi connectivity index (χ3n) is 4.14. The second kappa shape index (κ2) is 5.88. The summed E-state index contributed by atoms with van der Waals surface area (Å²) in [6, 6.07) is -0.599. The van der Waals surface area contributed by atoms with Crippen LogP contribution in [0.5, 0.6) is 0 Å². The van der Waals surface area contributed by atoms with Crippen molar-refractivity contribution in [2.24, 2.45) is 5.41 Å². The molecule has 0 unspecified atom stereocenters. The van der Waals surface area contributed by atoms with Crippen molar-refractivity contribution in [1.82, 2.24) is 15.1 Å². The number of urea groups is 1. The highest BCUT2D eigenvalue weighted by molar-refractivity contribution is 6.19. The number of nitrogens with one attached hydrogen (secondary N) is 1. The minimum absolute atomic E-state index is 0.292. The Morgan fingerprint density at radius 1 is 1.30 bits per heavy atom. The van der Waals surface area contributed by atoms with Crippen molar-refractivity contribution in [3.63, 3.8) is 0 Å². The van der Waals surface area contributed by atoms with Crippen LogP contribution in [0.1, 0.15) is 19.3 Å². The van der Waals surface area contributed by atoms with E-state index in [1.807, 2.05) is 11.9 Å². The van der Waals surface area contributed by atoms with Gasteiger partial charge in [0.25, 0.3) is 0 Å². The van der Waals surface area contributed by atoms with Crippen LogP contribution in [0.4, 0.5) is 4.79 Å². The molecule has 1 N–H and O–H groups in total. The highest BCUT2D eigenvalue weighted by Crippen LogP contribution is 2.44. The molecule has 0 atom stereocenters. The molecule has 7 heteroatoms. The molecule has 112 valence electrons. The fourth-order valence-electron chi connectivity index (χ4n) is 2.54. The molecule has 0 aromatic rings. The van der Waals surface area contributed by atoms with Crippen molar-refractivity contribution in [3.8, 4) is 0 Å². The normalized spacial score (nSPS) is 21.4. The van der Waals surface area contributed by atoms with Crippen LogP contribution < -0.4 is 5.32 Å². The maximum atomic E-state index is 12.4. The number of barbiturate groups is 1. The third-order valence-corrected chi connectivity index (χ3v) is 4.14. The zero-order valence-corrected chi connectivity index (χ0v) is 12.0. The summed E-state index contributed by atoms with van der Waals surface area (Å²) in [7, 11) is 3.52. The second-order valence-corrected chi connectivity index (χ2v) is 5.45. The Balaban J connectivity index is 1.94. The summed E-state index contributed by atoms with van der Waals surface area (Å²) in [6.07, 6.45) is 1.94. The lowest BCUT2D eigenvalue weighted by Crippen LogP contribution is -2.66. The Labute approximate surface area is 118 Å². The number of imide groups is 2. The molecule has 0 aromatic heterocycles. The summed E-state index contributed by atoms with van der Waals surface area (Å²) in [6.45, 7) is 2.18. The average molecular weight is 283 g/mol. The number of likely N-dealkylation sites (N-methyl/N-ethyl adjacent to an activating group) is 1. The fraction of sp³-hybridized carbons (Fsp3) is 0.769. The van der Waals surface area contributed by atoms with E-state index in [9.17, 15) is 14.4 Å². The van der Waals surface area contributed by atoms with E-state index < -0.39 is 17.4 Å². The Morgan fingerprint density at radius 2 is 2.00 bits per heavy atom. The number of hydrogen-bond acceptors (Lipinski definition) is 5. The summed E-state index contributed by atoms with van der Waals surface area (Å²) in [5, 5.41) is 2.30. The largest absolute Gasteiger partial charge is 0.383 e. The van der Waals surface area contributed by atoms with Crippen LogP contribution in [0.3, 0.4) is 0 Å². The molecule has 1 aliphatic heterocycles. The number of methoxy groups -OCH3 is 1. The number of carbonyl (C=O) groups excluding carboxylic acids is 3. The number of hydrogen-bond donors (Lipinski definition) is 1. The standard InChI is InChI=1S/C13H21N3O4/c1-15(8-9-20-2)6-7-16-11(18)13(4-3-5-13)10(17)14-12(16)19/h3-9H2,1-2H3,(H,14,17,19). The first-order valence-corrected chi connectivity index (χ1v) is 6.86. The molecule has 1 spiro atoms. The number of nitrogens with zero attached hydrogens (tertiary/aromatic N) is 2. The van der Waals surface area contributed by atoms with E-state index in [4.69, 9.17) is 4.74 Å². The van der Waals surface area contributed by atoms with Crippen molar-refractivity contribution in [3.05, 3.63) is 0 Å². The van der Waals surface area contributed by atoms with E-state index in [2.05, 4.69) is 5.32 Å². The molecule has 7 nitrogen and oxygen atoms in total. The van der Waals surface area contributed by atoms with E-state index in [1.54, 1.807) is 7.11 Å². The summed E-state index contributed by atoms with van der Waals surface area (Å²) in [4.78, 5) is 39.2. The van der Waals surface area contributed by atoms with Crippen LogP contribution in [0.15, 0.2) is 0 Å². The van der Waals surface area contributed by atoms with Gasteiger partial charge >= 0.3 is 6.03 Å². The van der Waals surface area contributed by atoms with E-state index in [0.717, 1.165) is 13.0 Å². The molecular formula is C13H21N3O4. The highest BCUT2D eigenvalue weighted by Gasteiger charge is 2.57. The number of ether oxygens (including phenoxy) is 1. The lowest BCUT2D eigenvalue weighted by molar-refractivity contribution is -0.157. The van der Waals surface area contributed by atoms with Gasteiger partial charge in [-0.3, -0.25) is 19.8 Å². The summed E-state index contributed by atoms with van der Waals surface area (Å²) < 4.78 is 4.97. The molecule has 2 aliphatic rings. The maximum absolute atomic E-state index is 12.4. The van der Waals surface area contributed by atoms with Crippen molar-refractivity contribution < 1.29 is 19.1 Å². The molecule has 20 heavy (non-hydrogen) atoms. The zero-order valence-electron chi connectivity index (χ0n) is 12.0. The van der Waals surface area contributed by atoms with Crippen molar-refractivity contribution in [2.75, 3.05) is 40.4 Å². The quantitative estimate of drug-likeness (QED) is 0.684. The Morgan fingerprint density at radius 3 is 2.55 bits per heavy atom. The molecule has 4 amide bonds. The molecule has 1 aliphatic carbocycles. The van der Waals surface area contributed by atoms with E-state index in [0.29, 0.717) is 32.5 Å². The van der Waals surface area contributed by atoms with E-state index >= 15 is 0 Å². The lowest BCUT2D eigenvalue weighted by Gasteiger charge is -2.44. The predicted octanol–water partition coefficient (Wildman–Crippen LogP) is -0.187. The van der Waals surface area contributed by atoms with Crippen molar-refractivity contribution in [2.45, 2.75) is 19.3 Å². The summed E-state index contributed by atoms with van der Waals surface area (Å²) in [5.41, 5.74) is -0.973. The first-order valence-electron chi connectivity index (χ1n) is 6.86. The molecule has 1 saturated carbocycles. The molecule has 0 radical (unpaired) electrons. The second-order valence-electron chi connectivity index (χ2n) is 5.45. The molecule has 1 saturated heterocycles. The number of rotatable bonds is 6. The van der Waals surface area contributed by atoms with Gasteiger partial charge < -0.3 is 9.64 Å². The number of amides is 4. The summed E-state index contributed by atoms with van der Waals surface area (Å²) >= 11 is 0. The van der Waals surface area contributed by atoms with Gasteiger partial charge in [0.05, 0.1) is 6.61 Å². The van der Waals surface area contributed by atoms with E-state index in [1.165, 1.54) is 4.90 Å². The van der Waals surface area contributed by atoms with Crippen LogP contribution in [-0.2, 0) is 14.3 Å². The first kappa shape index (κ1) is 14.9. The minimum Gasteiger partial charge on any atom is -0.383 e. The van der Waals surface area contributed by atoms with Gasteiger partial charge in [-0.05, 0) is 19.9 Å². The molecule has 1 heterocycles.